The molecule has 1 amide bonds. The van der Waals surface area contributed by atoms with Crippen LogP contribution < -0.4 is 10.1 Å². The van der Waals surface area contributed by atoms with Crippen molar-refractivity contribution in [3.05, 3.63) is 84.7 Å². The van der Waals surface area contributed by atoms with E-state index in [2.05, 4.69) is 29.4 Å². The molecule has 1 aliphatic carbocycles. The van der Waals surface area contributed by atoms with E-state index in [4.69, 9.17) is 4.74 Å². The third-order valence-corrected chi connectivity index (χ3v) is 4.85. The van der Waals surface area contributed by atoms with Crippen molar-refractivity contribution in [3.8, 4) is 11.5 Å². The molecule has 2 aromatic carbocycles. The van der Waals surface area contributed by atoms with Gasteiger partial charge in [-0.2, -0.15) is 0 Å². The minimum atomic E-state index is 0.0159. The summed E-state index contributed by atoms with van der Waals surface area (Å²) in [6.45, 7) is 2.13. The van der Waals surface area contributed by atoms with Gasteiger partial charge in [-0.3, -0.25) is 9.78 Å². The first-order valence-corrected chi connectivity index (χ1v) is 8.76. The molecule has 4 rings (SSSR count). The Morgan fingerprint density at radius 3 is 2.50 bits per heavy atom. The fraction of sp³-hybridized carbons (Fsp3) is 0.182. The van der Waals surface area contributed by atoms with Crippen molar-refractivity contribution in [2.75, 3.05) is 5.32 Å². The summed E-state index contributed by atoms with van der Waals surface area (Å²) in [5.41, 5.74) is 1.97. The molecule has 1 aliphatic rings. The second-order valence-corrected chi connectivity index (χ2v) is 6.62. The lowest BCUT2D eigenvalue weighted by atomic mass is 10.1. The Morgan fingerprint density at radius 1 is 0.962 bits per heavy atom. The van der Waals surface area contributed by atoms with Crippen molar-refractivity contribution in [1.29, 1.82) is 0 Å². The third kappa shape index (κ3) is 3.45. The van der Waals surface area contributed by atoms with Gasteiger partial charge >= 0.3 is 0 Å². The Kier molecular flexibility index (Phi) is 4.40. The maximum absolute atomic E-state index is 12.7. The number of aromatic nitrogens is 1. The summed E-state index contributed by atoms with van der Waals surface area (Å²) in [5.74, 6) is 2.12. The quantitative estimate of drug-likeness (QED) is 0.719. The summed E-state index contributed by atoms with van der Waals surface area (Å²) in [5, 5.41) is 3.03. The van der Waals surface area contributed by atoms with Gasteiger partial charge in [0.2, 0.25) is 5.91 Å². The van der Waals surface area contributed by atoms with E-state index >= 15 is 0 Å². The molecule has 0 aliphatic heterocycles. The molecule has 130 valence electrons. The van der Waals surface area contributed by atoms with Crippen LogP contribution in [-0.4, -0.2) is 10.9 Å². The van der Waals surface area contributed by atoms with Gasteiger partial charge in [-0.1, -0.05) is 43.3 Å². The van der Waals surface area contributed by atoms with Gasteiger partial charge in [0.1, 0.15) is 11.5 Å². The predicted octanol–water partition coefficient (Wildman–Crippen LogP) is 4.86. The van der Waals surface area contributed by atoms with Crippen LogP contribution in [0, 0.1) is 11.8 Å². The molecule has 26 heavy (non-hydrogen) atoms. The van der Waals surface area contributed by atoms with E-state index in [-0.39, 0.29) is 11.8 Å². The first-order valence-electron chi connectivity index (χ1n) is 8.76. The molecule has 1 N–H and O–H groups in total. The number of rotatable bonds is 5. The fourth-order valence-electron chi connectivity index (χ4n) is 3.46. The molecule has 1 saturated carbocycles. The molecule has 0 spiro atoms. The van der Waals surface area contributed by atoms with Gasteiger partial charge in [-0.05, 0) is 41.7 Å². The summed E-state index contributed by atoms with van der Waals surface area (Å²) in [7, 11) is 0. The molecule has 4 heteroatoms. The van der Waals surface area contributed by atoms with Crippen LogP contribution in [-0.2, 0) is 4.79 Å². The fourth-order valence-corrected chi connectivity index (χ4v) is 3.46. The van der Waals surface area contributed by atoms with E-state index in [0.29, 0.717) is 23.3 Å². The lowest BCUT2D eigenvalue weighted by molar-refractivity contribution is -0.117. The van der Waals surface area contributed by atoms with Gasteiger partial charge in [0.15, 0.2) is 0 Å². The van der Waals surface area contributed by atoms with Crippen LogP contribution in [0.2, 0.25) is 0 Å². The zero-order valence-electron chi connectivity index (χ0n) is 14.5. The highest BCUT2D eigenvalue weighted by molar-refractivity contribution is 5.95. The predicted molar refractivity (Wildman–Crippen MR) is 101 cm³/mol. The first-order chi connectivity index (χ1) is 12.7. The van der Waals surface area contributed by atoms with Gasteiger partial charge in [0, 0.05) is 30.1 Å². The molecule has 0 radical (unpaired) electrons. The normalized spacial score (nSPS) is 21.0. The van der Waals surface area contributed by atoms with Crippen LogP contribution >= 0.6 is 0 Å². The van der Waals surface area contributed by atoms with Crippen molar-refractivity contribution in [1.82, 2.24) is 4.98 Å². The zero-order valence-corrected chi connectivity index (χ0v) is 14.5. The van der Waals surface area contributed by atoms with Gasteiger partial charge in [-0.25, -0.2) is 0 Å². The Bertz CT molecular complexity index is 896. The average molecular weight is 344 g/mol. The number of carbonyl (C=O) groups excluding carboxylic acids is 1. The van der Waals surface area contributed by atoms with Gasteiger partial charge in [0.25, 0.3) is 0 Å². The number of nitrogens with one attached hydrogen (secondary N) is 1. The monoisotopic (exact) mass is 344 g/mol. The topological polar surface area (TPSA) is 51.2 Å². The number of amides is 1. The maximum Gasteiger partial charge on any atom is 0.228 e. The average Bonchev–Trinajstić information content (AvgIpc) is 3.35. The van der Waals surface area contributed by atoms with Crippen LogP contribution in [0.5, 0.6) is 11.5 Å². The minimum absolute atomic E-state index is 0.0159. The number of hydrogen-bond acceptors (Lipinski definition) is 3. The molecule has 0 saturated heterocycles. The number of anilines is 1. The smallest absolute Gasteiger partial charge is 0.228 e. The van der Waals surface area contributed by atoms with E-state index in [1.165, 1.54) is 5.56 Å². The molecule has 1 fully saturated rings. The second-order valence-electron chi connectivity index (χ2n) is 6.62. The van der Waals surface area contributed by atoms with E-state index in [0.717, 1.165) is 5.69 Å². The van der Waals surface area contributed by atoms with Crippen molar-refractivity contribution in [2.45, 2.75) is 12.8 Å². The van der Waals surface area contributed by atoms with E-state index in [9.17, 15) is 4.79 Å². The van der Waals surface area contributed by atoms with E-state index < -0.39 is 0 Å². The van der Waals surface area contributed by atoms with Crippen molar-refractivity contribution < 1.29 is 9.53 Å². The Labute approximate surface area is 152 Å². The molecular weight excluding hydrogens is 324 g/mol. The van der Waals surface area contributed by atoms with E-state index in [1.54, 1.807) is 24.5 Å². The summed E-state index contributed by atoms with van der Waals surface area (Å²) in [6, 6.07) is 21.3. The largest absolute Gasteiger partial charge is 0.457 e. The second kappa shape index (κ2) is 7.00. The van der Waals surface area contributed by atoms with Crippen molar-refractivity contribution in [2.24, 2.45) is 11.8 Å². The molecule has 3 atom stereocenters. The van der Waals surface area contributed by atoms with Gasteiger partial charge < -0.3 is 10.1 Å². The minimum Gasteiger partial charge on any atom is -0.457 e. The van der Waals surface area contributed by atoms with Crippen LogP contribution in [0.25, 0.3) is 0 Å². The summed E-state index contributed by atoms with van der Waals surface area (Å²) >= 11 is 0. The van der Waals surface area contributed by atoms with Crippen LogP contribution in [0.1, 0.15) is 18.4 Å². The Hall–Kier alpha value is -3.14. The molecular formula is C22H20N2O2. The van der Waals surface area contributed by atoms with Gasteiger partial charge in [0.05, 0.1) is 0 Å². The third-order valence-electron chi connectivity index (χ3n) is 4.85. The summed E-state index contributed by atoms with van der Waals surface area (Å²) < 4.78 is 5.80. The number of hydrogen-bond donors (Lipinski definition) is 1. The van der Waals surface area contributed by atoms with Crippen LogP contribution in [0.15, 0.2) is 79.1 Å². The summed E-state index contributed by atoms with van der Waals surface area (Å²) in [6.07, 6.45) is 3.36. The standard InChI is InChI=1S/C22H20N2O2/c1-15-20(16-6-3-2-4-7-16)21(15)22(25)24-17-8-5-9-19(14-17)26-18-10-12-23-13-11-18/h2-15,20-21H,1H3,(H,24,25). The van der Waals surface area contributed by atoms with Crippen LogP contribution in [0.4, 0.5) is 5.69 Å². The molecule has 1 aromatic heterocycles. The number of nitrogens with zero attached hydrogens (tertiary/aromatic N) is 1. The maximum atomic E-state index is 12.7. The number of carbonyl (C=O) groups is 1. The number of pyridine rings is 1. The highest BCUT2D eigenvalue weighted by Gasteiger charge is 2.52. The lowest BCUT2D eigenvalue weighted by Crippen LogP contribution is -2.15. The SMILES string of the molecule is CC1C(C(=O)Nc2cccc(Oc3ccncc3)c2)C1c1ccccc1. The van der Waals surface area contributed by atoms with Crippen molar-refractivity contribution >= 4 is 11.6 Å². The lowest BCUT2D eigenvalue weighted by Gasteiger charge is -2.09. The molecule has 3 aromatic rings. The zero-order chi connectivity index (χ0) is 17.9. The molecule has 4 nitrogen and oxygen atoms in total. The van der Waals surface area contributed by atoms with Gasteiger partial charge in [-0.15, -0.1) is 0 Å². The highest BCUT2D eigenvalue weighted by atomic mass is 16.5. The first kappa shape index (κ1) is 16.3. The van der Waals surface area contributed by atoms with Crippen molar-refractivity contribution in [3.63, 3.8) is 0 Å². The highest BCUT2D eigenvalue weighted by Crippen LogP contribution is 2.54. The number of ether oxygens (including phenoxy) is 1. The molecule has 1 heterocycles. The van der Waals surface area contributed by atoms with E-state index in [1.807, 2.05) is 42.5 Å². The Morgan fingerprint density at radius 2 is 1.73 bits per heavy atom. The summed E-state index contributed by atoms with van der Waals surface area (Å²) in [4.78, 5) is 16.7. The Balaban J connectivity index is 1.43. The van der Waals surface area contributed by atoms with Crippen LogP contribution in [0.3, 0.4) is 0 Å². The molecule has 0 bridgehead atoms. The number of benzene rings is 2. The molecule has 3 unspecified atom stereocenters.